The predicted octanol–water partition coefficient (Wildman–Crippen LogP) is 2.87. The molecule has 3 aromatic rings. The van der Waals surface area contributed by atoms with E-state index in [2.05, 4.69) is 10.3 Å². The van der Waals surface area contributed by atoms with E-state index >= 15 is 0 Å². The van der Waals surface area contributed by atoms with Crippen molar-refractivity contribution in [3.63, 3.8) is 0 Å². The molecule has 0 bridgehead atoms. The highest BCUT2D eigenvalue weighted by Gasteiger charge is 2.16. The number of aromatic nitrogens is 2. The van der Waals surface area contributed by atoms with Gasteiger partial charge in [0.15, 0.2) is 5.78 Å². The monoisotopic (exact) mass is 335 g/mol. The molecule has 0 aliphatic heterocycles. The summed E-state index contributed by atoms with van der Waals surface area (Å²) in [5.74, 6) is -0.542. The molecular formula is C19H17N3O3. The zero-order chi connectivity index (χ0) is 18.0. The predicted molar refractivity (Wildman–Crippen MR) is 96.1 cm³/mol. The number of carbonyl (C=O) groups excluding carboxylic acids is 2. The molecule has 0 aliphatic rings. The van der Waals surface area contributed by atoms with Crippen LogP contribution in [0.2, 0.25) is 0 Å². The largest absolute Gasteiger partial charge is 0.322 e. The normalized spacial score (nSPS) is 10.6. The quantitative estimate of drug-likeness (QED) is 0.743. The minimum atomic E-state index is -0.492. The van der Waals surface area contributed by atoms with E-state index < -0.39 is 5.91 Å². The molecule has 3 rings (SSSR count). The van der Waals surface area contributed by atoms with Crippen molar-refractivity contribution in [1.29, 1.82) is 0 Å². The minimum absolute atomic E-state index is 0.0502. The highest BCUT2D eigenvalue weighted by molar-refractivity contribution is 6.05. The minimum Gasteiger partial charge on any atom is -0.322 e. The maximum atomic E-state index is 12.6. The Hall–Kier alpha value is -3.28. The molecule has 0 aliphatic carbocycles. The van der Waals surface area contributed by atoms with E-state index in [1.165, 1.54) is 11.5 Å². The van der Waals surface area contributed by atoms with Gasteiger partial charge in [-0.3, -0.25) is 19.0 Å². The van der Waals surface area contributed by atoms with Crippen LogP contribution in [0.5, 0.6) is 0 Å². The van der Waals surface area contributed by atoms with Gasteiger partial charge in [0, 0.05) is 29.4 Å². The number of amides is 1. The van der Waals surface area contributed by atoms with Gasteiger partial charge in [-0.15, -0.1) is 0 Å². The molecule has 1 N–H and O–H groups in total. The summed E-state index contributed by atoms with van der Waals surface area (Å²) in [4.78, 5) is 40.7. The first-order valence-corrected chi connectivity index (χ1v) is 7.92. The lowest BCUT2D eigenvalue weighted by Crippen LogP contribution is -2.29. The number of pyridine rings is 2. The Balaban J connectivity index is 1.98. The Morgan fingerprint density at radius 3 is 2.52 bits per heavy atom. The fourth-order valence-corrected chi connectivity index (χ4v) is 2.65. The summed E-state index contributed by atoms with van der Waals surface area (Å²) >= 11 is 0. The first-order valence-electron chi connectivity index (χ1n) is 7.92. The molecule has 0 fully saturated rings. The number of rotatable bonds is 4. The zero-order valence-electron chi connectivity index (χ0n) is 13.9. The molecule has 25 heavy (non-hydrogen) atoms. The molecule has 1 amide bonds. The van der Waals surface area contributed by atoms with Crippen LogP contribution in [0.25, 0.3) is 11.0 Å². The van der Waals surface area contributed by atoms with Crippen LogP contribution in [0.15, 0.2) is 53.5 Å². The maximum Gasteiger partial charge on any atom is 0.265 e. The lowest BCUT2D eigenvalue weighted by Gasteiger charge is -2.10. The van der Waals surface area contributed by atoms with Gasteiger partial charge in [0.2, 0.25) is 0 Å². The molecule has 0 atom stereocenters. The fourth-order valence-electron chi connectivity index (χ4n) is 2.65. The first kappa shape index (κ1) is 16.6. The van der Waals surface area contributed by atoms with Gasteiger partial charge >= 0.3 is 0 Å². The molecule has 6 heteroatoms. The third-order valence-electron chi connectivity index (χ3n) is 3.96. The van der Waals surface area contributed by atoms with Crippen LogP contribution in [0.4, 0.5) is 5.69 Å². The van der Waals surface area contributed by atoms with Crippen LogP contribution in [-0.4, -0.2) is 21.2 Å². The number of hydrogen-bond acceptors (Lipinski definition) is 4. The topological polar surface area (TPSA) is 81.1 Å². The number of nitrogens with zero attached hydrogens (tertiary/aromatic N) is 2. The van der Waals surface area contributed by atoms with Crippen LogP contribution in [0.1, 0.15) is 34.6 Å². The van der Waals surface area contributed by atoms with E-state index in [0.717, 1.165) is 5.39 Å². The summed E-state index contributed by atoms with van der Waals surface area (Å²) in [6.07, 6.45) is 1.62. The summed E-state index contributed by atoms with van der Waals surface area (Å²) in [6, 6.07) is 11.7. The standard InChI is InChI=1S/C19H17N3O3/c1-3-22-17-14(5-4-10-20-17)11-16(19(22)25)18(24)21-15-8-6-13(7-9-15)12(2)23/h4-11H,3H2,1-2H3,(H,21,24). The van der Waals surface area contributed by atoms with Gasteiger partial charge in [-0.2, -0.15) is 0 Å². The van der Waals surface area contributed by atoms with Gasteiger partial charge in [0.05, 0.1) is 0 Å². The lowest BCUT2D eigenvalue weighted by atomic mass is 10.1. The number of benzene rings is 1. The number of Topliss-reactive ketones (excluding diaryl/α,β-unsaturated/α-hetero) is 1. The average Bonchev–Trinajstić information content (AvgIpc) is 2.61. The highest BCUT2D eigenvalue weighted by Crippen LogP contribution is 2.14. The van der Waals surface area contributed by atoms with Crippen molar-refractivity contribution < 1.29 is 9.59 Å². The number of carbonyl (C=O) groups is 2. The number of anilines is 1. The second-order valence-electron chi connectivity index (χ2n) is 5.61. The average molecular weight is 335 g/mol. The van der Waals surface area contributed by atoms with Gasteiger partial charge in [0.25, 0.3) is 11.5 Å². The van der Waals surface area contributed by atoms with Crippen molar-refractivity contribution in [3.8, 4) is 0 Å². The van der Waals surface area contributed by atoms with Crippen molar-refractivity contribution in [2.75, 3.05) is 5.32 Å². The van der Waals surface area contributed by atoms with Crippen LogP contribution in [0.3, 0.4) is 0 Å². The number of aryl methyl sites for hydroxylation is 1. The molecule has 0 unspecified atom stereocenters. The van der Waals surface area contributed by atoms with E-state index in [0.29, 0.717) is 23.4 Å². The molecule has 0 saturated heterocycles. The third-order valence-corrected chi connectivity index (χ3v) is 3.96. The summed E-state index contributed by atoms with van der Waals surface area (Å²) < 4.78 is 1.48. The van der Waals surface area contributed by atoms with Crippen LogP contribution in [-0.2, 0) is 6.54 Å². The van der Waals surface area contributed by atoms with Gasteiger partial charge < -0.3 is 5.32 Å². The first-order chi connectivity index (χ1) is 12.0. The van der Waals surface area contributed by atoms with Crippen molar-refractivity contribution in [2.24, 2.45) is 0 Å². The van der Waals surface area contributed by atoms with Crippen molar-refractivity contribution >= 4 is 28.4 Å². The van der Waals surface area contributed by atoms with Crippen molar-refractivity contribution in [2.45, 2.75) is 20.4 Å². The Morgan fingerprint density at radius 2 is 1.88 bits per heavy atom. The molecule has 0 saturated carbocycles. The van der Waals surface area contributed by atoms with Crippen molar-refractivity contribution in [3.05, 3.63) is 70.1 Å². The number of fused-ring (bicyclic) bond motifs is 1. The molecule has 1 aromatic carbocycles. The van der Waals surface area contributed by atoms with Gasteiger partial charge in [-0.05, 0) is 56.3 Å². The second kappa shape index (κ2) is 6.68. The third kappa shape index (κ3) is 3.19. The van der Waals surface area contributed by atoms with E-state index in [9.17, 15) is 14.4 Å². The highest BCUT2D eigenvalue weighted by atomic mass is 16.2. The van der Waals surface area contributed by atoms with Gasteiger partial charge in [-0.25, -0.2) is 4.98 Å². The summed E-state index contributed by atoms with van der Waals surface area (Å²) in [5.41, 5.74) is 1.30. The molecular weight excluding hydrogens is 318 g/mol. The van der Waals surface area contributed by atoms with E-state index in [-0.39, 0.29) is 16.9 Å². The SMILES string of the molecule is CCn1c(=O)c(C(=O)Nc2ccc(C(C)=O)cc2)cc2cccnc21. The maximum absolute atomic E-state index is 12.6. The Kier molecular flexibility index (Phi) is 4.43. The van der Waals surface area contributed by atoms with E-state index in [1.807, 2.05) is 13.0 Å². The van der Waals surface area contributed by atoms with Gasteiger partial charge in [-0.1, -0.05) is 0 Å². The lowest BCUT2D eigenvalue weighted by molar-refractivity contribution is 0.101. The molecule has 6 nitrogen and oxygen atoms in total. The van der Waals surface area contributed by atoms with Crippen LogP contribution < -0.4 is 10.9 Å². The zero-order valence-corrected chi connectivity index (χ0v) is 13.9. The van der Waals surface area contributed by atoms with E-state index in [1.54, 1.807) is 42.6 Å². The van der Waals surface area contributed by atoms with Gasteiger partial charge in [0.1, 0.15) is 11.2 Å². The number of nitrogens with one attached hydrogen (secondary N) is 1. The van der Waals surface area contributed by atoms with E-state index in [4.69, 9.17) is 0 Å². The summed E-state index contributed by atoms with van der Waals surface area (Å²) in [5, 5.41) is 3.42. The molecule has 0 radical (unpaired) electrons. The molecule has 2 heterocycles. The molecule has 2 aromatic heterocycles. The summed E-state index contributed by atoms with van der Waals surface area (Å²) in [6.45, 7) is 3.72. The Morgan fingerprint density at radius 1 is 1.16 bits per heavy atom. The second-order valence-corrected chi connectivity index (χ2v) is 5.61. The fraction of sp³-hybridized carbons (Fsp3) is 0.158. The van der Waals surface area contributed by atoms with Crippen LogP contribution in [0, 0.1) is 0 Å². The Bertz CT molecular complexity index is 1020. The Labute approximate surface area is 144 Å². The van der Waals surface area contributed by atoms with Crippen LogP contribution >= 0.6 is 0 Å². The molecule has 126 valence electrons. The number of ketones is 1. The molecule has 0 spiro atoms. The smallest absolute Gasteiger partial charge is 0.265 e. The number of hydrogen-bond donors (Lipinski definition) is 1. The summed E-state index contributed by atoms with van der Waals surface area (Å²) in [7, 11) is 0. The van der Waals surface area contributed by atoms with Crippen molar-refractivity contribution in [1.82, 2.24) is 9.55 Å².